The molecule has 1 unspecified atom stereocenters. The highest BCUT2D eigenvalue weighted by Crippen LogP contribution is 2.30. The molecule has 0 radical (unpaired) electrons. The fourth-order valence-electron chi connectivity index (χ4n) is 1.08. The first-order chi connectivity index (χ1) is 6.02. The van der Waals surface area contributed by atoms with Crippen molar-refractivity contribution in [3.05, 3.63) is 16.5 Å². The van der Waals surface area contributed by atoms with Crippen molar-refractivity contribution in [2.24, 2.45) is 5.73 Å². The van der Waals surface area contributed by atoms with Gasteiger partial charge in [-0.25, -0.2) is 0 Å². The number of aryl methyl sites for hydroxylation is 1. The summed E-state index contributed by atoms with van der Waals surface area (Å²) in [6.07, 6.45) is -1.03. The topological polar surface area (TPSA) is 75.4 Å². The van der Waals surface area contributed by atoms with Crippen LogP contribution in [0.15, 0.2) is 5.38 Å². The summed E-state index contributed by atoms with van der Waals surface area (Å²) in [5.41, 5.74) is 6.84. The van der Waals surface area contributed by atoms with E-state index in [0.29, 0.717) is 10.6 Å². The second-order valence-corrected chi connectivity index (χ2v) is 3.67. The molecule has 0 bridgehead atoms. The number of thiophene rings is 1. The van der Waals surface area contributed by atoms with E-state index in [1.807, 2.05) is 12.3 Å². The molecule has 0 aliphatic carbocycles. The van der Waals surface area contributed by atoms with Crippen LogP contribution in [-0.4, -0.2) is 11.0 Å². The van der Waals surface area contributed by atoms with Gasteiger partial charge in [0.1, 0.15) is 11.2 Å². The maximum absolute atomic E-state index is 10.8. The Kier molecular flexibility index (Phi) is 3.02. The third-order valence-corrected chi connectivity index (χ3v) is 2.64. The predicted molar refractivity (Wildman–Crippen MR) is 52.5 cm³/mol. The average molecular weight is 200 g/mol. The van der Waals surface area contributed by atoms with Gasteiger partial charge < -0.3 is 16.2 Å². The summed E-state index contributed by atoms with van der Waals surface area (Å²) >= 11 is 1.36. The normalized spacial score (nSPS) is 12.6. The summed E-state index contributed by atoms with van der Waals surface area (Å²) < 4.78 is 0. The monoisotopic (exact) mass is 200 g/mol. The molecule has 1 aromatic rings. The zero-order valence-electron chi connectivity index (χ0n) is 7.50. The first-order valence-corrected chi connectivity index (χ1v) is 4.69. The van der Waals surface area contributed by atoms with E-state index in [-0.39, 0.29) is 5.91 Å². The van der Waals surface area contributed by atoms with Crippen molar-refractivity contribution < 1.29 is 9.90 Å². The molecule has 1 rings (SSSR count). The Labute approximate surface area is 80.4 Å². The Morgan fingerprint density at radius 2 is 2.38 bits per heavy atom. The number of amides is 1. The van der Waals surface area contributed by atoms with Crippen LogP contribution in [0.3, 0.4) is 0 Å². The summed E-state index contributed by atoms with van der Waals surface area (Å²) in [5, 5.41) is 14.3. The lowest BCUT2D eigenvalue weighted by Crippen LogP contribution is -2.13. The minimum atomic E-state index is -1.03. The Bertz CT molecular complexity index is 320. The highest BCUT2D eigenvalue weighted by atomic mass is 32.1. The fourth-order valence-corrected chi connectivity index (χ4v) is 2.11. The number of aliphatic hydroxyl groups is 1. The number of aliphatic hydroxyl groups excluding tert-OH is 1. The summed E-state index contributed by atoms with van der Waals surface area (Å²) in [6, 6.07) is 0. The van der Waals surface area contributed by atoms with Gasteiger partial charge in [-0.15, -0.1) is 11.3 Å². The van der Waals surface area contributed by atoms with Crippen LogP contribution in [0.25, 0.3) is 0 Å². The molecule has 0 aliphatic heterocycles. The quantitative estimate of drug-likeness (QED) is 0.622. The van der Waals surface area contributed by atoms with Gasteiger partial charge in [-0.2, -0.15) is 0 Å². The molecule has 4 nitrogen and oxygen atoms in total. The molecule has 5 heteroatoms. The van der Waals surface area contributed by atoms with E-state index >= 15 is 0 Å². The number of carbonyl (C=O) groups excluding carboxylic acids is 1. The first kappa shape index (κ1) is 10.2. The maximum atomic E-state index is 10.8. The standard InChI is InChI=1S/C8H12N2O2S/c1-4-3-13-8(10-5(2)11)6(4)7(9)12/h3,7,12H,9H2,1-2H3,(H,10,11). The number of hydrogen-bond donors (Lipinski definition) is 3. The molecule has 1 atom stereocenters. The van der Waals surface area contributed by atoms with Crippen molar-refractivity contribution in [2.45, 2.75) is 20.1 Å². The number of anilines is 1. The van der Waals surface area contributed by atoms with Crippen LogP contribution in [0.4, 0.5) is 5.00 Å². The van der Waals surface area contributed by atoms with Gasteiger partial charge in [0, 0.05) is 12.5 Å². The third-order valence-electron chi connectivity index (χ3n) is 1.61. The maximum Gasteiger partial charge on any atom is 0.221 e. The summed E-state index contributed by atoms with van der Waals surface area (Å²) in [4.78, 5) is 10.8. The Hall–Kier alpha value is -0.910. The van der Waals surface area contributed by atoms with Crippen LogP contribution in [0.2, 0.25) is 0 Å². The molecule has 0 fully saturated rings. The van der Waals surface area contributed by atoms with Crippen molar-refractivity contribution >= 4 is 22.2 Å². The van der Waals surface area contributed by atoms with Gasteiger partial charge in [-0.1, -0.05) is 0 Å². The van der Waals surface area contributed by atoms with Gasteiger partial charge in [0.2, 0.25) is 5.91 Å². The highest BCUT2D eigenvalue weighted by molar-refractivity contribution is 7.14. The number of rotatable bonds is 2. The Morgan fingerprint density at radius 1 is 1.77 bits per heavy atom. The number of hydrogen-bond acceptors (Lipinski definition) is 4. The van der Waals surface area contributed by atoms with Crippen molar-refractivity contribution in [3.63, 3.8) is 0 Å². The van der Waals surface area contributed by atoms with Crippen molar-refractivity contribution in [1.29, 1.82) is 0 Å². The molecule has 1 aromatic heterocycles. The van der Waals surface area contributed by atoms with Gasteiger partial charge in [0.05, 0.1) is 0 Å². The van der Waals surface area contributed by atoms with Gasteiger partial charge in [-0.3, -0.25) is 4.79 Å². The largest absolute Gasteiger partial charge is 0.374 e. The van der Waals surface area contributed by atoms with Crippen LogP contribution in [0, 0.1) is 6.92 Å². The third kappa shape index (κ3) is 2.27. The Morgan fingerprint density at radius 3 is 2.85 bits per heavy atom. The van der Waals surface area contributed by atoms with E-state index in [1.54, 1.807) is 0 Å². The number of nitrogens with one attached hydrogen (secondary N) is 1. The molecule has 1 amide bonds. The van der Waals surface area contributed by atoms with Crippen LogP contribution in [0.5, 0.6) is 0 Å². The molecule has 0 aliphatic rings. The lowest BCUT2D eigenvalue weighted by molar-refractivity contribution is -0.114. The number of carbonyl (C=O) groups is 1. The van der Waals surface area contributed by atoms with Crippen molar-refractivity contribution in [2.75, 3.05) is 5.32 Å². The fraction of sp³-hybridized carbons (Fsp3) is 0.375. The second-order valence-electron chi connectivity index (χ2n) is 2.79. The van der Waals surface area contributed by atoms with E-state index in [4.69, 9.17) is 5.73 Å². The van der Waals surface area contributed by atoms with Gasteiger partial charge >= 0.3 is 0 Å². The van der Waals surface area contributed by atoms with E-state index in [1.165, 1.54) is 18.3 Å². The molecule has 4 N–H and O–H groups in total. The molecule has 0 aromatic carbocycles. The van der Waals surface area contributed by atoms with Crippen molar-refractivity contribution in [1.82, 2.24) is 0 Å². The molecule has 0 saturated carbocycles. The van der Waals surface area contributed by atoms with E-state index in [0.717, 1.165) is 5.56 Å². The summed E-state index contributed by atoms with van der Waals surface area (Å²) in [5.74, 6) is -0.163. The molecule has 0 spiro atoms. The van der Waals surface area contributed by atoms with E-state index < -0.39 is 6.23 Å². The molecular formula is C8H12N2O2S. The summed E-state index contributed by atoms with van der Waals surface area (Å²) in [6.45, 7) is 3.26. The number of nitrogens with two attached hydrogens (primary N) is 1. The molecule has 0 saturated heterocycles. The lowest BCUT2D eigenvalue weighted by Gasteiger charge is -2.07. The minimum Gasteiger partial charge on any atom is -0.374 e. The van der Waals surface area contributed by atoms with E-state index in [2.05, 4.69) is 5.32 Å². The minimum absolute atomic E-state index is 0.163. The smallest absolute Gasteiger partial charge is 0.221 e. The SMILES string of the molecule is CC(=O)Nc1scc(C)c1C(N)O. The van der Waals surface area contributed by atoms with E-state index in [9.17, 15) is 9.90 Å². The molecule has 72 valence electrons. The second kappa shape index (κ2) is 3.87. The molecule has 1 heterocycles. The van der Waals surface area contributed by atoms with Gasteiger partial charge in [0.15, 0.2) is 0 Å². The lowest BCUT2D eigenvalue weighted by atomic mass is 10.2. The predicted octanol–water partition coefficient (Wildman–Crippen LogP) is 0.965. The van der Waals surface area contributed by atoms with Crippen LogP contribution >= 0.6 is 11.3 Å². The Balaban J connectivity index is 3.00. The van der Waals surface area contributed by atoms with Crippen LogP contribution in [0.1, 0.15) is 24.3 Å². The van der Waals surface area contributed by atoms with Crippen LogP contribution in [-0.2, 0) is 4.79 Å². The molecular weight excluding hydrogens is 188 g/mol. The summed E-state index contributed by atoms with van der Waals surface area (Å²) in [7, 11) is 0. The van der Waals surface area contributed by atoms with Crippen molar-refractivity contribution in [3.8, 4) is 0 Å². The van der Waals surface area contributed by atoms with Gasteiger partial charge in [-0.05, 0) is 17.9 Å². The average Bonchev–Trinajstić information content (AvgIpc) is 2.30. The zero-order valence-corrected chi connectivity index (χ0v) is 8.31. The van der Waals surface area contributed by atoms with Crippen LogP contribution < -0.4 is 11.1 Å². The first-order valence-electron chi connectivity index (χ1n) is 3.81. The van der Waals surface area contributed by atoms with Gasteiger partial charge in [0.25, 0.3) is 0 Å². The molecule has 13 heavy (non-hydrogen) atoms. The zero-order chi connectivity index (χ0) is 10.0. The highest BCUT2D eigenvalue weighted by Gasteiger charge is 2.14.